The van der Waals surface area contributed by atoms with Crippen molar-refractivity contribution in [1.29, 1.82) is 0 Å². The smallest absolute Gasteiger partial charge is 0.243 e. The molecule has 1 aromatic rings. The zero-order valence-electron chi connectivity index (χ0n) is 15.0. The number of amides is 2. The number of hydrazone groups is 1. The molecule has 0 aromatic heterocycles. The predicted molar refractivity (Wildman–Crippen MR) is 98.3 cm³/mol. The highest BCUT2D eigenvalue weighted by atomic mass is 16.2. The van der Waals surface area contributed by atoms with Gasteiger partial charge in [0.25, 0.3) is 0 Å². The fourth-order valence-electron chi connectivity index (χ4n) is 3.51. The van der Waals surface area contributed by atoms with Crippen LogP contribution >= 0.6 is 0 Å². The van der Waals surface area contributed by atoms with Gasteiger partial charge >= 0.3 is 0 Å². The summed E-state index contributed by atoms with van der Waals surface area (Å²) in [5, 5.41) is 8.88. The summed E-state index contributed by atoms with van der Waals surface area (Å²) in [4.78, 5) is 24.5. The van der Waals surface area contributed by atoms with E-state index < -0.39 is 0 Å². The molecule has 1 aliphatic heterocycles. The first-order valence-corrected chi connectivity index (χ1v) is 9.36. The predicted octanol–water partition coefficient (Wildman–Crippen LogP) is 3.16. The van der Waals surface area contributed by atoms with E-state index in [4.69, 9.17) is 0 Å². The molecule has 0 unspecified atom stereocenters. The summed E-state index contributed by atoms with van der Waals surface area (Å²) in [6, 6.07) is 8.37. The van der Waals surface area contributed by atoms with Gasteiger partial charge in [0.15, 0.2) is 0 Å². The maximum absolute atomic E-state index is 12.4. The molecule has 2 amide bonds. The van der Waals surface area contributed by atoms with Crippen molar-refractivity contribution < 1.29 is 9.59 Å². The Kier molecular flexibility index (Phi) is 5.84. The molecule has 1 fully saturated rings. The molecule has 1 aromatic carbocycles. The molecule has 25 heavy (non-hydrogen) atoms. The van der Waals surface area contributed by atoms with E-state index in [0.29, 0.717) is 12.8 Å². The minimum absolute atomic E-state index is 0.0185. The van der Waals surface area contributed by atoms with E-state index in [9.17, 15) is 9.59 Å². The van der Waals surface area contributed by atoms with Crippen molar-refractivity contribution in [1.82, 2.24) is 10.3 Å². The van der Waals surface area contributed by atoms with Crippen LogP contribution in [0.1, 0.15) is 62.5 Å². The minimum Gasteiger partial charge on any atom is -0.352 e. The maximum atomic E-state index is 12.4. The van der Waals surface area contributed by atoms with Gasteiger partial charge in [0.05, 0.1) is 5.71 Å². The van der Waals surface area contributed by atoms with Gasteiger partial charge in [-0.05, 0) is 25.3 Å². The second-order valence-corrected chi connectivity index (χ2v) is 7.12. The molecule has 3 rings (SSSR count). The van der Waals surface area contributed by atoms with Gasteiger partial charge in [0, 0.05) is 18.9 Å². The average molecular weight is 341 g/mol. The number of aryl methyl sites for hydroxylation is 1. The quantitative estimate of drug-likeness (QED) is 0.855. The van der Waals surface area contributed by atoms with Gasteiger partial charge < -0.3 is 5.32 Å². The molecule has 5 heteroatoms. The van der Waals surface area contributed by atoms with Crippen LogP contribution in [0.15, 0.2) is 29.4 Å². The highest BCUT2D eigenvalue weighted by Gasteiger charge is 2.24. The van der Waals surface area contributed by atoms with Crippen LogP contribution in [0.5, 0.6) is 0 Å². The second-order valence-electron chi connectivity index (χ2n) is 7.12. The lowest BCUT2D eigenvalue weighted by atomic mass is 10.0. The monoisotopic (exact) mass is 341 g/mol. The summed E-state index contributed by atoms with van der Waals surface area (Å²) < 4.78 is 0. The Morgan fingerprint density at radius 2 is 1.80 bits per heavy atom. The molecule has 134 valence electrons. The number of rotatable bonds is 4. The zero-order valence-corrected chi connectivity index (χ0v) is 15.0. The Bertz CT molecular complexity index is 643. The van der Waals surface area contributed by atoms with Crippen molar-refractivity contribution in [3.63, 3.8) is 0 Å². The SMILES string of the molecule is Cc1ccc(C2=NN(CC(=O)NC3CCCCCC3)C(=O)CC2)cc1. The molecule has 1 saturated carbocycles. The number of carbonyl (C=O) groups excluding carboxylic acids is 2. The number of nitrogens with zero attached hydrogens (tertiary/aromatic N) is 2. The van der Waals surface area contributed by atoms with Crippen LogP contribution in [0, 0.1) is 6.92 Å². The fourth-order valence-corrected chi connectivity index (χ4v) is 3.51. The van der Waals surface area contributed by atoms with E-state index in [1.165, 1.54) is 36.3 Å². The van der Waals surface area contributed by atoms with E-state index in [2.05, 4.69) is 10.4 Å². The van der Waals surface area contributed by atoms with Crippen LogP contribution in [-0.2, 0) is 9.59 Å². The molecule has 2 aliphatic rings. The summed E-state index contributed by atoms with van der Waals surface area (Å²) in [5.74, 6) is -0.180. The van der Waals surface area contributed by atoms with Crippen LogP contribution in [0.3, 0.4) is 0 Å². The van der Waals surface area contributed by atoms with Crippen molar-refractivity contribution >= 4 is 17.5 Å². The zero-order chi connectivity index (χ0) is 17.6. The summed E-state index contributed by atoms with van der Waals surface area (Å²) in [7, 11) is 0. The maximum Gasteiger partial charge on any atom is 0.243 e. The lowest BCUT2D eigenvalue weighted by Gasteiger charge is -2.24. The molecule has 0 spiro atoms. The standard InChI is InChI=1S/C20H27N3O2/c1-15-8-10-16(11-9-15)18-12-13-20(25)23(22-18)14-19(24)21-17-6-4-2-3-5-7-17/h8-11,17H,2-7,12-14H2,1H3,(H,21,24). The molecule has 1 N–H and O–H groups in total. The normalized spacial score (nSPS) is 19.3. The number of hydrogen-bond acceptors (Lipinski definition) is 3. The molecule has 0 atom stereocenters. The van der Waals surface area contributed by atoms with Gasteiger partial charge in [-0.1, -0.05) is 55.5 Å². The van der Waals surface area contributed by atoms with E-state index in [1.807, 2.05) is 31.2 Å². The van der Waals surface area contributed by atoms with Crippen LogP contribution in [0.4, 0.5) is 0 Å². The van der Waals surface area contributed by atoms with Crippen molar-refractivity contribution in [2.45, 2.75) is 64.3 Å². The fraction of sp³-hybridized carbons (Fsp3) is 0.550. The lowest BCUT2D eigenvalue weighted by molar-refractivity contribution is -0.136. The number of carbonyl (C=O) groups is 2. The Balaban J connectivity index is 1.63. The third-order valence-electron chi connectivity index (χ3n) is 5.00. The third kappa shape index (κ3) is 4.91. The van der Waals surface area contributed by atoms with Crippen molar-refractivity contribution in [3.8, 4) is 0 Å². The van der Waals surface area contributed by atoms with Gasteiger partial charge in [0.2, 0.25) is 11.8 Å². The van der Waals surface area contributed by atoms with Crippen LogP contribution in [0.25, 0.3) is 0 Å². The molecule has 0 saturated heterocycles. The Labute approximate surface area is 149 Å². The summed E-state index contributed by atoms with van der Waals surface area (Å²) in [5.41, 5.74) is 3.09. The summed E-state index contributed by atoms with van der Waals surface area (Å²) in [6.07, 6.45) is 7.95. The first-order valence-electron chi connectivity index (χ1n) is 9.36. The van der Waals surface area contributed by atoms with Crippen molar-refractivity contribution in [3.05, 3.63) is 35.4 Å². The number of benzene rings is 1. The van der Waals surface area contributed by atoms with E-state index in [0.717, 1.165) is 24.1 Å². The summed E-state index contributed by atoms with van der Waals surface area (Å²) >= 11 is 0. The number of hydrogen-bond donors (Lipinski definition) is 1. The van der Waals surface area contributed by atoms with E-state index in [-0.39, 0.29) is 24.4 Å². The Morgan fingerprint density at radius 3 is 2.48 bits per heavy atom. The largest absolute Gasteiger partial charge is 0.352 e. The molecular weight excluding hydrogens is 314 g/mol. The molecule has 0 radical (unpaired) electrons. The lowest BCUT2D eigenvalue weighted by Crippen LogP contribution is -2.43. The highest BCUT2D eigenvalue weighted by molar-refractivity contribution is 6.04. The van der Waals surface area contributed by atoms with E-state index in [1.54, 1.807) is 0 Å². The van der Waals surface area contributed by atoms with Gasteiger partial charge in [-0.2, -0.15) is 5.10 Å². The minimum atomic E-state index is -0.103. The van der Waals surface area contributed by atoms with Crippen LogP contribution in [0.2, 0.25) is 0 Å². The Morgan fingerprint density at radius 1 is 1.12 bits per heavy atom. The average Bonchev–Trinajstić information content (AvgIpc) is 2.86. The molecule has 1 aliphatic carbocycles. The number of nitrogens with one attached hydrogen (secondary N) is 1. The van der Waals surface area contributed by atoms with Crippen molar-refractivity contribution in [2.75, 3.05) is 6.54 Å². The van der Waals surface area contributed by atoms with Gasteiger partial charge in [-0.3, -0.25) is 9.59 Å². The van der Waals surface area contributed by atoms with Crippen LogP contribution < -0.4 is 5.32 Å². The molecule has 1 heterocycles. The third-order valence-corrected chi connectivity index (χ3v) is 5.00. The van der Waals surface area contributed by atoms with Crippen molar-refractivity contribution in [2.24, 2.45) is 5.10 Å². The van der Waals surface area contributed by atoms with Gasteiger partial charge in [-0.15, -0.1) is 0 Å². The second kappa shape index (κ2) is 8.28. The van der Waals surface area contributed by atoms with E-state index >= 15 is 0 Å². The Hall–Kier alpha value is -2.17. The summed E-state index contributed by atoms with van der Waals surface area (Å²) in [6.45, 7) is 2.06. The van der Waals surface area contributed by atoms with Gasteiger partial charge in [0.1, 0.15) is 6.54 Å². The molecule has 0 bridgehead atoms. The first-order chi connectivity index (χ1) is 12.1. The topological polar surface area (TPSA) is 61.8 Å². The van der Waals surface area contributed by atoms with Gasteiger partial charge in [-0.25, -0.2) is 5.01 Å². The first kappa shape index (κ1) is 17.6. The molecule has 5 nitrogen and oxygen atoms in total. The highest BCUT2D eigenvalue weighted by Crippen LogP contribution is 2.18. The molecular formula is C20H27N3O2. The van der Waals surface area contributed by atoms with Crippen LogP contribution in [-0.4, -0.2) is 35.1 Å².